The lowest BCUT2D eigenvalue weighted by Gasteiger charge is -2.19. The maximum Gasteiger partial charge on any atom is 0.106 e. The van der Waals surface area contributed by atoms with Gasteiger partial charge in [0.1, 0.15) is 4.99 Å². The van der Waals surface area contributed by atoms with Gasteiger partial charge in [0.25, 0.3) is 0 Å². The molecule has 1 aliphatic heterocycles. The summed E-state index contributed by atoms with van der Waals surface area (Å²) in [5.41, 5.74) is 8.92. The van der Waals surface area contributed by atoms with E-state index in [9.17, 15) is 0 Å². The van der Waals surface area contributed by atoms with Crippen molar-refractivity contribution in [2.75, 3.05) is 18.5 Å². The summed E-state index contributed by atoms with van der Waals surface area (Å²) < 4.78 is 5.57. The largest absolute Gasteiger partial charge is 0.389 e. The number of hydrogen-bond acceptors (Lipinski definition) is 3. The van der Waals surface area contributed by atoms with E-state index in [0.29, 0.717) is 17.0 Å². The molecule has 1 heterocycles. The maximum absolute atomic E-state index is 5.76. The highest BCUT2D eigenvalue weighted by atomic mass is 32.1. The van der Waals surface area contributed by atoms with Crippen LogP contribution in [0.4, 0.5) is 5.69 Å². The lowest BCUT2D eigenvalue weighted by molar-refractivity contribution is 0.108. The molecule has 18 heavy (non-hydrogen) atoms. The number of para-hydroxylation sites is 1. The second-order valence-corrected chi connectivity index (χ2v) is 5.31. The first-order valence-corrected chi connectivity index (χ1v) is 6.75. The number of nitrogens with two attached hydrogens (primary N) is 1. The number of aryl methyl sites for hydroxylation is 1. The van der Waals surface area contributed by atoms with Crippen molar-refractivity contribution in [3.63, 3.8) is 0 Å². The van der Waals surface area contributed by atoms with Gasteiger partial charge in [0.05, 0.1) is 6.10 Å². The minimum atomic E-state index is 0.329. The van der Waals surface area contributed by atoms with Crippen LogP contribution in [-0.2, 0) is 4.74 Å². The van der Waals surface area contributed by atoms with Crippen molar-refractivity contribution in [2.24, 2.45) is 11.7 Å². The van der Waals surface area contributed by atoms with Crippen molar-refractivity contribution >= 4 is 22.9 Å². The van der Waals surface area contributed by atoms with Crippen molar-refractivity contribution in [1.29, 1.82) is 0 Å². The van der Waals surface area contributed by atoms with Gasteiger partial charge in [-0.3, -0.25) is 0 Å². The van der Waals surface area contributed by atoms with Crippen molar-refractivity contribution in [1.82, 2.24) is 0 Å². The lowest BCUT2D eigenvalue weighted by atomic mass is 10.0. The standard InChI is InChI=1S/C14H20N2OS/c1-9-4-3-5-12(14(15)18)13(9)16-8-11-6-7-17-10(11)2/h3-5,10-11,16H,6-8H2,1-2H3,(H2,15,18). The lowest BCUT2D eigenvalue weighted by Crippen LogP contribution is -2.22. The summed E-state index contributed by atoms with van der Waals surface area (Å²) in [6.07, 6.45) is 1.44. The van der Waals surface area contributed by atoms with Crippen LogP contribution in [0.15, 0.2) is 18.2 Å². The number of rotatable bonds is 4. The molecule has 4 heteroatoms. The Kier molecular flexibility index (Phi) is 4.19. The Morgan fingerprint density at radius 1 is 1.56 bits per heavy atom. The van der Waals surface area contributed by atoms with Gasteiger partial charge in [-0.25, -0.2) is 0 Å². The van der Waals surface area contributed by atoms with Crippen LogP contribution in [0.25, 0.3) is 0 Å². The molecule has 3 nitrogen and oxygen atoms in total. The molecule has 0 bridgehead atoms. The van der Waals surface area contributed by atoms with E-state index in [2.05, 4.69) is 25.2 Å². The molecule has 0 amide bonds. The summed E-state index contributed by atoms with van der Waals surface area (Å²) in [5.74, 6) is 0.559. The Hall–Kier alpha value is -1.13. The van der Waals surface area contributed by atoms with Gasteiger partial charge in [-0.15, -0.1) is 0 Å². The van der Waals surface area contributed by atoms with Gasteiger partial charge in [0.2, 0.25) is 0 Å². The van der Waals surface area contributed by atoms with E-state index >= 15 is 0 Å². The Morgan fingerprint density at radius 3 is 2.94 bits per heavy atom. The van der Waals surface area contributed by atoms with Gasteiger partial charge in [0, 0.05) is 30.3 Å². The Balaban J connectivity index is 2.11. The Labute approximate surface area is 114 Å². The molecule has 1 fully saturated rings. The van der Waals surface area contributed by atoms with E-state index in [-0.39, 0.29) is 0 Å². The second kappa shape index (κ2) is 5.67. The van der Waals surface area contributed by atoms with Crippen LogP contribution in [0.3, 0.4) is 0 Å². The second-order valence-electron chi connectivity index (χ2n) is 4.87. The molecule has 1 aliphatic rings. The maximum atomic E-state index is 5.76. The first-order chi connectivity index (χ1) is 8.59. The first kappa shape index (κ1) is 13.3. The van der Waals surface area contributed by atoms with Crippen LogP contribution in [-0.4, -0.2) is 24.2 Å². The molecule has 3 N–H and O–H groups in total. The molecule has 0 radical (unpaired) electrons. The van der Waals surface area contributed by atoms with E-state index in [0.717, 1.165) is 30.8 Å². The smallest absolute Gasteiger partial charge is 0.106 e. The highest BCUT2D eigenvalue weighted by Gasteiger charge is 2.24. The van der Waals surface area contributed by atoms with Crippen LogP contribution < -0.4 is 11.1 Å². The molecule has 98 valence electrons. The summed E-state index contributed by atoms with van der Waals surface area (Å²) in [5, 5.41) is 3.49. The van der Waals surface area contributed by atoms with Crippen LogP contribution in [0.5, 0.6) is 0 Å². The Morgan fingerprint density at radius 2 is 2.33 bits per heavy atom. The van der Waals surface area contributed by atoms with Crippen LogP contribution in [0, 0.1) is 12.8 Å². The molecular formula is C14H20N2OS. The van der Waals surface area contributed by atoms with E-state index in [1.807, 2.05) is 12.1 Å². The van der Waals surface area contributed by atoms with Gasteiger partial charge in [-0.2, -0.15) is 0 Å². The van der Waals surface area contributed by atoms with Crippen molar-refractivity contribution in [3.8, 4) is 0 Å². The van der Waals surface area contributed by atoms with Crippen molar-refractivity contribution in [3.05, 3.63) is 29.3 Å². The van der Waals surface area contributed by atoms with Crippen LogP contribution >= 0.6 is 12.2 Å². The first-order valence-electron chi connectivity index (χ1n) is 6.34. The highest BCUT2D eigenvalue weighted by molar-refractivity contribution is 7.80. The molecular weight excluding hydrogens is 244 g/mol. The molecule has 2 atom stereocenters. The topological polar surface area (TPSA) is 47.3 Å². The third-order valence-corrected chi connectivity index (χ3v) is 3.83. The molecule has 0 aromatic heterocycles. The van der Waals surface area contributed by atoms with Crippen molar-refractivity contribution < 1.29 is 4.74 Å². The van der Waals surface area contributed by atoms with E-state index in [1.54, 1.807) is 0 Å². The molecule has 0 spiro atoms. The number of nitrogens with one attached hydrogen (secondary N) is 1. The third-order valence-electron chi connectivity index (χ3n) is 3.61. The predicted molar refractivity (Wildman–Crippen MR) is 79.1 cm³/mol. The number of ether oxygens (including phenoxy) is 1. The fourth-order valence-corrected chi connectivity index (χ4v) is 2.56. The molecule has 2 rings (SSSR count). The summed E-state index contributed by atoms with van der Waals surface area (Å²) in [6, 6.07) is 6.02. The van der Waals surface area contributed by atoms with Crippen molar-refractivity contribution in [2.45, 2.75) is 26.4 Å². The third kappa shape index (κ3) is 2.82. The summed E-state index contributed by atoms with van der Waals surface area (Å²) in [7, 11) is 0. The number of anilines is 1. The summed E-state index contributed by atoms with van der Waals surface area (Å²) in [6.45, 7) is 5.97. The fourth-order valence-electron chi connectivity index (χ4n) is 2.39. The molecule has 0 saturated carbocycles. The molecule has 1 saturated heterocycles. The van der Waals surface area contributed by atoms with Gasteiger partial charge in [-0.1, -0.05) is 24.4 Å². The zero-order chi connectivity index (χ0) is 13.1. The highest BCUT2D eigenvalue weighted by Crippen LogP contribution is 2.24. The molecule has 2 unspecified atom stereocenters. The Bertz CT molecular complexity index is 447. The van der Waals surface area contributed by atoms with E-state index in [1.165, 1.54) is 5.56 Å². The molecule has 1 aromatic carbocycles. The van der Waals surface area contributed by atoms with Gasteiger partial charge in [-0.05, 0) is 31.9 Å². The van der Waals surface area contributed by atoms with Gasteiger partial charge >= 0.3 is 0 Å². The number of hydrogen-bond donors (Lipinski definition) is 2. The average molecular weight is 264 g/mol. The molecule has 0 aliphatic carbocycles. The zero-order valence-corrected chi connectivity index (χ0v) is 11.7. The molecule has 1 aromatic rings. The van der Waals surface area contributed by atoms with E-state index in [4.69, 9.17) is 22.7 Å². The van der Waals surface area contributed by atoms with Crippen LogP contribution in [0.1, 0.15) is 24.5 Å². The fraction of sp³-hybridized carbons (Fsp3) is 0.500. The normalized spacial score (nSPS) is 23.0. The summed E-state index contributed by atoms with van der Waals surface area (Å²) in [4.78, 5) is 0.442. The zero-order valence-electron chi connectivity index (χ0n) is 10.9. The monoisotopic (exact) mass is 264 g/mol. The quantitative estimate of drug-likeness (QED) is 0.820. The minimum Gasteiger partial charge on any atom is -0.389 e. The van der Waals surface area contributed by atoms with Crippen LogP contribution in [0.2, 0.25) is 0 Å². The summed E-state index contributed by atoms with van der Waals surface area (Å²) >= 11 is 5.09. The SMILES string of the molecule is Cc1cccc(C(N)=S)c1NCC1CCOC1C. The van der Waals surface area contributed by atoms with E-state index < -0.39 is 0 Å². The number of thiocarbonyl (C=S) groups is 1. The van der Waals surface area contributed by atoms with Gasteiger partial charge < -0.3 is 15.8 Å². The predicted octanol–water partition coefficient (Wildman–Crippen LogP) is 2.47. The minimum absolute atomic E-state index is 0.329. The average Bonchev–Trinajstić information content (AvgIpc) is 2.73. The van der Waals surface area contributed by atoms with Gasteiger partial charge in [0.15, 0.2) is 0 Å². The number of benzene rings is 1.